The third kappa shape index (κ3) is 3.77. The van der Waals surface area contributed by atoms with Gasteiger partial charge in [0.2, 0.25) is 0 Å². The molecule has 0 bridgehead atoms. The molecule has 0 fully saturated rings. The maximum absolute atomic E-state index is 10.6. The molecule has 4 heteroatoms. The molecule has 0 atom stereocenters. The molecule has 1 aromatic heterocycles. The molecule has 0 amide bonds. The Morgan fingerprint density at radius 2 is 2.47 bits per heavy atom. The van der Waals surface area contributed by atoms with Crippen molar-refractivity contribution in [2.45, 2.75) is 26.4 Å². The number of aryl methyl sites for hydroxylation is 1. The molecule has 1 aromatic rings. The molecule has 0 aromatic carbocycles. The maximum atomic E-state index is 10.6. The van der Waals surface area contributed by atoms with Crippen molar-refractivity contribution in [2.75, 3.05) is 0 Å². The summed E-state index contributed by atoms with van der Waals surface area (Å²) in [6.45, 7) is 1.54. The molecule has 78 valence electrons. The van der Waals surface area contributed by atoms with E-state index in [-0.39, 0.29) is 12.6 Å². The van der Waals surface area contributed by atoms with Crippen LogP contribution in [-0.4, -0.2) is 11.0 Å². The van der Waals surface area contributed by atoms with Crippen molar-refractivity contribution in [3.8, 4) is 6.07 Å². The number of nitrogens with zero attached hydrogens (tertiary/aromatic N) is 2. The van der Waals surface area contributed by atoms with E-state index < -0.39 is 0 Å². The van der Waals surface area contributed by atoms with E-state index in [2.05, 4.69) is 11.1 Å². The molecule has 0 aliphatic carbocycles. The topological polar surface area (TPSA) is 63.0 Å². The van der Waals surface area contributed by atoms with Gasteiger partial charge < -0.3 is 4.74 Å². The number of carbonyl (C=O) groups excluding carboxylic acids is 1. The van der Waals surface area contributed by atoms with Crippen LogP contribution in [0.5, 0.6) is 0 Å². The Bertz CT molecular complexity index is 382. The summed E-state index contributed by atoms with van der Waals surface area (Å²) in [6, 6.07) is 5.77. The Morgan fingerprint density at radius 1 is 1.67 bits per heavy atom. The van der Waals surface area contributed by atoms with Crippen molar-refractivity contribution in [3.63, 3.8) is 0 Å². The van der Waals surface area contributed by atoms with Gasteiger partial charge in [0, 0.05) is 19.5 Å². The average molecular weight is 204 g/mol. The third-order valence-electron chi connectivity index (χ3n) is 1.90. The molecule has 0 saturated carbocycles. The number of pyridine rings is 1. The highest BCUT2D eigenvalue weighted by Gasteiger charge is 2.04. The number of aromatic nitrogens is 1. The largest absolute Gasteiger partial charge is 0.459 e. The summed E-state index contributed by atoms with van der Waals surface area (Å²) in [5.74, 6) is -0.327. The van der Waals surface area contributed by atoms with Gasteiger partial charge in [-0.05, 0) is 18.1 Å². The number of rotatable bonds is 4. The Balaban J connectivity index is 2.68. The first-order valence-corrected chi connectivity index (χ1v) is 4.67. The highest BCUT2D eigenvalue weighted by Crippen LogP contribution is 2.09. The lowest BCUT2D eigenvalue weighted by Gasteiger charge is -2.06. The predicted molar refractivity (Wildman–Crippen MR) is 53.6 cm³/mol. The van der Waals surface area contributed by atoms with Crippen molar-refractivity contribution in [3.05, 3.63) is 29.6 Å². The fourth-order valence-electron chi connectivity index (χ4n) is 1.19. The second kappa shape index (κ2) is 5.76. The van der Waals surface area contributed by atoms with Gasteiger partial charge in [-0.15, -0.1) is 0 Å². The van der Waals surface area contributed by atoms with Gasteiger partial charge in [0.15, 0.2) is 0 Å². The first kappa shape index (κ1) is 11.2. The van der Waals surface area contributed by atoms with E-state index in [9.17, 15) is 4.79 Å². The molecule has 0 aliphatic heterocycles. The van der Waals surface area contributed by atoms with Crippen LogP contribution in [0.2, 0.25) is 0 Å². The zero-order chi connectivity index (χ0) is 11.1. The third-order valence-corrected chi connectivity index (χ3v) is 1.90. The predicted octanol–water partition coefficient (Wildman–Crippen LogP) is 1.60. The van der Waals surface area contributed by atoms with E-state index in [1.54, 1.807) is 6.20 Å². The average Bonchev–Trinajstić information content (AvgIpc) is 2.24. The number of esters is 1. The van der Waals surface area contributed by atoms with Crippen molar-refractivity contribution < 1.29 is 9.53 Å². The molecular formula is C11H12N2O2. The lowest BCUT2D eigenvalue weighted by Crippen LogP contribution is -2.04. The second-order valence-corrected chi connectivity index (χ2v) is 3.05. The Morgan fingerprint density at radius 3 is 3.13 bits per heavy atom. The maximum Gasteiger partial charge on any atom is 0.303 e. The Kier molecular flexibility index (Phi) is 4.30. The molecule has 0 spiro atoms. The summed E-state index contributed by atoms with van der Waals surface area (Å²) < 4.78 is 4.86. The standard InChI is InChI=1S/C11H12N2O2/c1-9(14)15-8-11-10(4-2-6-12)5-3-7-13-11/h3,5,7H,2,4,8H2,1H3. The van der Waals surface area contributed by atoms with Gasteiger partial charge in [0.05, 0.1) is 11.8 Å². The van der Waals surface area contributed by atoms with Crippen LogP contribution in [0.1, 0.15) is 24.6 Å². The SMILES string of the molecule is CC(=O)OCc1ncccc1CCC#N. The lowest BCUT2D eigenvalue weighted by molar-refractivity contribution is -0.142. The smallest absolute Gasteiger partial charge is 0.303 e. The number of hydrogen-bond donors (Lipinski definition) is 0. The summed E-state index contributed by atoms with van der Waals surface area (Å²) in [5, 5.41) is 8.48. The normalized spacial score (nSPS) is 9.33. The summed E-state index contributed by atoms with van der Waals surface area (Å²) in [4.78, 5) is 14.8. The highest BCUT2D eigenvalue weighted by atomic mass is 16.5. The summed E-state index contributed by atoms with van der Waals surface area (Å²) in [6.07, 6.45) is 2.73. The molecular weight excluding hydrogens is 192 g/mol. The first-order chi connectivity index (χ1) is 7.24. The van der Waals surface area contributed by atoms with Crippen LogP contribution in [0, 0.1) is 11.3 Å². The van der Waals surface area contributed by atoms with Crippen molar-refractivity contribution in [1.82, 2.24) is 4.98 Å². The van der Waals surface area contributed by atoms with Crippen LogP contribution in [0.15, 0.2) is 18.3 Å². The Labute approximate surface area is 88.5 Å². The molecule has 1 heterocycles. The van der Waals surface area contributed by atoms with Crippen LogP contribution in [0.3, 0.4) is 0 Å². The van der Waals surface area contributed by atoms with E-state index in [1.807, 2.05) is 12.1 Å². The zero-order valence-electron chi connectivity index (χ0n) is 8.56. The van der Waals surface area contributed by atoms with Crippen LogP contribution in [0.25, 0.3) is 0 Å². The summed E-state index contributed by atoms with van der Waals surface area (Å²) >= 11 is 0. The van der Waals surface area contributed by atoms with Gasteiger partial charge in [0.1, 0.15) is 6.61 Å². The molecule has 1 rings (SSSR count). The minimum Gasteiger partial charge on any atom is -0.459 e. The molecule has 0 radical (unpaired) electrons. The van der Waals surface area contributed by atoms with Crippen LogP contribution in [0.4, 0.5) is 0 Å². The van der Waals surface area contributed by atoms with Gasteiger partial charge in [0.25, 0.3) is 0 Å². The minimum absolute atomic E-state index is 0.178. The highest BCUT2D eigenvalue weighted by molar-refractivity contribution is 5.65. The number of ether oxygens (including phenoxy) is 1. The lowest BCUT2D eigenvalue weighted by atomic mass is 10.1. The van der Waals surface area contributed by atoms with Gasteiger partial charge >= 0.3 is 5.97 Å². The monoisotopic (exact) mass is 204 g/mol. The molecule has 0 aliphatic rings. The van der Waals surface area contributed by atoms with Gasteiger partial charge in [-0.1, -0.05) is 6.07 Å². The van der Waals surface area contributed by atoms with Crippen LogP contribution < -0.4 is 0 Å². The molecule has 15 heavy (non-hydrogen) atoms. The van der Waals surface area contributed by atoms with E-state index in [1.165, 1.54) is 6.92 Å². The quantitative estimate of drug-likeness (QED) is 0.699. The van der Waals surface area contributed by atoms with Crippen molar-refractivity contribution in [2.24, 2.45) is 0 Å². The van der Waals surface area contributed by atoms with E-state index in [0.717, 1.165) is 11.3 Å². The molecule has 0 N–H and O–H groups in total. The minimum atomic E-state index is -0.327. The van der Waals surface area contributed by atoms with E-state index >= 15 is 0 Å². The van der Waals surface area contributed by atoms with Gasteiger partial charge in [-0.2, -0.15) is 5.26 Å². The van der Waals surface area contributed by atoms with E-state index in [4.69, 9.17) is 10.00 Å². The van der Waals surface area contributed by atoms with Gasteiger partial charge in [-0.3, -0.25) is 9.78 Å². The van der Waals surface area contributed by atoms with E-state index in [0.29, 0.717) is 12.8 Å². The second-order valence-electron chi connectivity index (χ2n) is 3.05. The van der Waals surface area contributed by atoms with Crippen LogP contribution >= 0.6 is 0 Å². The zero-order valence-corrected chi connectivity index (χ0v) is 8.56. The fourth-order valence-corrected chi connectivity index (χ4v) is 1.19. The molecule has 0 unspecified atom stereocenters. The first-order valence-electron chi connectivity index (χ1n) is 4.67. The summed E-state index contributed by atoms with van der Waals surface area (Å²) in [7, 11) is 0. The fraction of sp³-hybridized carbons (Fsp3) is 0.364. The number of nitriles is 1. The molecule has 0 saturated heterocycles. The number of hydrogen-bond acceptors (Lipinski definition) is 4. The summed E-state index contributed by atoms with van der Waals surface area (Å²) in [5.41, 5.74) is 1.68. The van der Waals surface area contributed by atoms with Crippen LogP contribution in [-0.2, 0) is 22.6 Å². The van der Waals surface area contributed by atoms with Gasteiger partial charge in [-0.25, -0.2) is 0 Å². The molecule has 4 nitrogen and oxygen atoms in total. The Hall–Kier alpha value is -1.89. The van der Waals surface area contributed by atoms with Crippen molar-refractivity contribution >= 4 is 5.97 Å². The number of carbonyl (C=O) groups is 1. The van der Waals surface area contributed by atoms with Crippen molar-refractivity contribution in [1.29, 1.82) is 5.26 Å².